The molecule has 0 saturated heterocycles. The topological polar surface area (TPSA) is 243 Å². The number of carboxylic acid groups (broad SMARTS) is 1. The highest BCUT2D eigenvalue weighted by Gasteiger charge is 2.30. The van der Waals surface area contributed by atoms with Crippen LogP contribution in [0, 0.1) is 0 Å². The molecular weight excluding hydrogens is 518 g/mol. The number of aromatic amines is 1. The normalized spacial score (nSPS) is 13.9. The minimum Gasteiger partial charge on any atom is -0.508 e. The quantitative estimate of drug-likeness (QED) is 0.111. The fourth-order valence-electron chi connectivity index (χ4n) is 3.37. The van der Waals surface area contributed by atoms with E-state index in [1.165, 1.54) is 24.7 Å². The van der Waals surface area contributed by atoms with Gasteiger partial charge in [-0.2, -0.15) is 12.6 Å². The number of phenolic OH excluding ortho intramolecular Hbond substituents is 1. The van der Waals surface area contributed by atoms with E-state index in [-0.39, 0.29) is 37.2 Å². The number of aromatic hydroxyl groups is 1. The standard InChI is InChI=1S/C23H31N7O7S/c24-15(8-13-9-26-11-27-13)20(33)29-17(7-12-1-3-14(31)4-2-12)22(35)28-16(5-6-19(25)32)21(34)30-18(10-38)23(36)37/h1-4,9,11,15-18,31,38H,5-8,10,24H2,(H2,25,32)(H,26,27)(H,28,35)(H,29,33)(H,30,34)(H,36,37). The van der Waals surface area contributed by atoms with Crippen LogP contribution in [0.5, 0.6) is 5.75 Å². The van der Waals surface area contributed by atoms with Gasteiger partial charge in [0.25, 0.3) is 0 Å². The Kier molecular flexibility index (Phi) is 11.6. The Bertz CT molecular complexity index is 1110. The third kappa shape index (κ3) is 9.74. The summed E-state index contributed by atoms with van der Waals surface area (Å²) in [4.78, 5) is 68.2. The molecule has 1 heterocycles. The molecule has 2 aromatic rings. The van der Waals surface area contributed by atoms with E-state index in [0.717, 1.165) is 0 Å². The van der Waals surface area contributed by atoms with Gasteiger partial charge in [-0.1, -0.05) is 12.1 Å². The summed E-state index contributed by atoms with van der Waals surface area (Å²) in [5, 5.41) is 26.0. The van der Waals surface area contributed by atoms with Gasteiger partial charge in [0, 0.05) is 36.9 Å². The predicted molar refractivity (Wildman–Crippen MR) is 138 cm³/mol. The molecule has 0 fully saturated rings. The molecule has 4 atom stereocenters. The first kappa shape index (κ1) is 30.1. The summed E-state index contributed by atoms with van der Waals surface area (Å²) >= 11 is 3.90. The van der Waals surface area contributed by atoms with Crippen molar-refractivity contribution in [3.05, 3.63) is 48.0 Å². The molecule has 1 aromatic heterocycles. The number of H-pyrrole nitrogens is 1. The zero-order valence-corrected chi connectivity index (χ0v) is 21.2. The number of nitrogens with one attached hydrogen (secondary N) is 4. The number of phenols is 1. The van der Waals surface area contributed by atoms with Crippen LogP contribution in [0.15, 0.2) is 36.8 Å². The molecule has 0 bridgehead atoms. The molecule has 14 nitrogen and oxygen atoms in total. The van der Waals surface area contributed by atoms with Crippen LogP contribution in [0.1, 0.15) is 24.1 Å². The number of hydrogen-bond acceptors (Lipinski definition) is 9. The molecule has 0 spiro atoms. The van der Waals surface area contributed by atoms with Gasteiger partial charge in [0.15, 0.2) is 0 Å². The molecule has 15 heteroatoms. The highest BCUT2D eigenvalue weighted by atomic mass is 32.1. The van der Waals surface area contributed by atoms with Crippen LogP contribution in [0.25, 0.3) is 0 Å². The van der Waals surface area contributed by atoms with Crippen molar-refractivity contribution in [2.24, 2.45) is 11.5 Å². The number of nitrogens with zero attached hydrogens (tertiary/aromatic N) is 1. The summed E-state index contributed by atoms with van der Waals surface area (Å²) in [5.41, 5.74) is 12.4. The number of carboxylic acids is 1. The molecule has 0 aliphatic heterocycles. The molecule has 0 aliphatic carbocycles. The van der Waals surface area contributed by atoms with Crippen molar-refractivity contribution < 1.29 is 34.2 Å². The molecule has 0 radical (unpaired) electrons. The fraction of sp³-hybridized carbons (Fsp3) is 0.391. The maximum atomic E-state index is 13.3. The Hall–Kier alpha value is -4.11. The zero-order valence-electron chi connectivity index (χ0n) is 20.3. The SMILES string of the molecule is NC(=O)CCC(NC(=O)C(Cc1ccc(O)cc1)NC(=O)C(N)Cc1cnc[nH]1)C(=O)NC(CS)C(=O)O. The van der Waals surface area contributed by atoms with Gasteiger partial charge in [0.05, 0.1) is 12.4 Å². The number of thiol groups is 1. The lowest BCUT2D eigenvalue weighted by molar-refractivity contribution is -0.141. The van der Waals surface area contributed by atoms with Crippen molar-refractivity contribution in [3.63, 3.8) is 0 Å². The maximum Gasteiger partial charge on any atom is 0.327 e. The van der Waals surface area contributed by atoms with Crippen molar-refractivity contribution >= 4 is 42.2 Å². The van der Waals surface area contributed by atoms with E-state index in [0.29, 0.717) is 11.3 Å². The monoisotopic (exact) mass is 549 g/mol. The van der Waals surface area contributed by atoms with Gasteiger partial charge in [0.2, 0.25) is 23.6 Å². The average molecular weight is 550 g/mol. The molecule has 2 rings (SSSR count). The number of aromatic nitrogens is 2. The number of benzene rings is 1. The van der Waals surface area contributed by atoms with Gasteiger partial charge in [-0.25, -0.2) is 9.78 Å². The largest absolute Gasteiger partial charge is 0.508 e. The highest BCUT2D eigenvalue weighted by molar-refractivity contribution is 7.80. The Morgan fingerprint density at radius 2 is 1.55 bits per heavy atom. The predicted octanol–water partition coefficient (Wildman–Crippen LogP) is -2.04. The number of carbonyl (C=O) groups excluding carboxylic acids is 4. The highest BCUT2D eigenvalue weighted by Crippen LogP contribution is 2.12. The van der Waals surface area contributed by atoms with Crippen LogP contribution in [0.3, 0.4) is 0 Å². The fourth-order valence-corrected chi connectivity index (χ4v) is 3.61. The van der Waals surface area contributed by atoms with E-state index in [2.05, 4.69) is 38.5 Å². The van der Waals surface area contributed by atoms with E-state index in [9.17, 15) is 34.2 Å². The van der Waals surface area contributed by atoms with E-state index >= 15 is 0 Å². The third-order valence-corrected chi connectivity index (χ3v) is 5.82. The first-order valence-electron chi connectivity index (χ1n) is 11.5. The lowest BCUT2D eigenvalue weighted by Crippen LogP contribution is -2.58. The van der Waals surface area contributed by atoms with Crippen LogP contribution < -0.4 is 27.4 Å². The van der Waals surface area contributed by atoms with Crippen LogP contribution in [-0.2, 0) is 36.8 Å². The minimum atomic E-state index is -1.34. The first-order chi connectivity index (χ1) is 18.0. The minimum absolute atomic E-state index is 0.000674. The van der Waals surface area contributed by atoms with Crippen molar-refractivity contribution in [3.8, 4) is 5.75 Å². The summed E-state index contributed by atoms with van der Waals surface area (Å²) in [6.07, 6.45) is 2.52. The number of rotatable bonds is 15. The Morgan fingerprint density at radius 1 is 0.947 bits per heavy atom. The number of aliphatic carboxylic acids is 1. The number of primary amides is 1. The van der Waals surface area contributed by atoms with E-state index in [1.54, 1.807) is 12.1 Å². The van der Waals surface area contributed by atoms with Gasteiger partial charge in [0.1, 0.15) is 23.9 Å². The summed E-state index contributed by atoms with van der Waals surface area (Å²) in [6, 6.07) is 0.976. The number of amides is 4. The average Bonchev–Trinajstić information content (AvgIpc) is 3.38. The van der Waals surface area contributed by atoms with Crippen LogP contribution in [0.4, 0.5) is 0 Å². The molecule has 4 amide bonds. The van der Waals surface area contributed by atoms with Crippen molar-refractivity contribution in [2.45, 2.75) is 49.9 Å². The lowest BCUT2D eigenvalue weighted by atomic mass is 10.0. The summed E-state index contributed by atoms with van der Waals surface area (Å²) in [6.45, 7) is 0. The molecule has 1 aromatic carbocycles. The van der Waals surface area contributed by atoms with Crippen molar-refractivity contribution in [1.29, 1.82) is 0 Å². The van der Waals surface area contributed by atoms with E-state index < -0.39 is 53.8 Å². The van der Waals surface area contributed by atoms with Crippen molar-refractivity contribution in [2.75, 3.05) is 5.75 Å². The van der Waals surface area contributed by atoms with Crippen molar-refractivity contribution in [1.82, 2.24) is 25.9 Å². The van der Waals surface area contributed by atoms with Gasteiger partial charge < -0.3 is 42.6 Å². The lowest BCUT2D eigenvalue weighted by Gasteiger charge is -2.25. The molecule has 10 N–H and O–H groups in total. The molecule has 206 valence electrons. The van der Waals surface area contributed by atoms with E-state index in [4.69, 9.17) is 11.5 Å². The molecule has 4 unspecified atom stereocenters. The second-order valence-electron chi connectivity index (χ2n) is 8.47. The second-order valence-corrected chi connectivity index (χ2v) is 8.83. The maximum absolute atomic E-state index is 13.3. The van der Waals surface area contributed by atoms with Gasteiger partial charge in [-0.15, -0.1) is 0 Å². The number of nitrogens with two attached hydrogens (primary N) is 2. The second kappa shape index (κ2) is 14.6. The Morgan fingerprint density at radius 3 is 2.11 bits per heavy atom. The number of hydrogen-bond donors (Lipinski definition) is 9. The van der Waals surface area contributed by atoms with Crippen LogP contribution in [-0.4, -0.2) is 79.7 Å². The zero-order chi connectivity index (χ0) is 28.2. The van der Waals surface area contributed by atoms with Crippen LogP contribution in [0.2, 0.25) is 0 Å². The van der Waals surface area contributed by atoms with E-state index in [1.807, 2.05) is 0 Å². The molecular formula is C23H31N7O7S. The number of carbonyl (C=O) groups is 5. The van der Waals surface area contributed by atoms with Gasteiger partial charge >= 0.3 is 5.97 Å². The third-order valence-electron chi connectivity index (χ3n) is 5.45. The molecule has 0 aliphatic rings. The Labute approximate surface area is 223 Å². The van der Waals surface area contributed by atoms with Gasteiger partial charge in [-0.3, -0.25) is 19.2 Å². The summed E-state index contributed by atoms with van der Waals surface area (Å²) in [7, 11) is 0. The first-order valence-corrected chi connectivity index (χ1v) is 12.2. The number of imidazole rings is 1. The summed E-state index contributed by atoms with van der Waals surface area (Å²) < 4.78 is 0. The molecule has 38 heavy (non-hydrogen) atoms. The Balaban J connectivity index is 2.22. The van der Waals surface area contributed by atoms with Gasteiger partial charge in [-0.05, 0) is 24.1 Å². The van der Waals surface area contributed by atoms with Crippen LogP contribution >= 0.6 is 12.6 Å². The summed E-state index contributed by atoms with van der Waals surface area (Å²) in [5.74, 6) is -4.60. The molecule has 0 saturated carbocycles. The smallest absolute Gasteiger partial charge is 0.327 e.